The standard InChI is InChI=1S/C8H12O3/c1-8(2,3)5-4-6(9)11-7(5)10/h5H,4H2,1-3H3/t5-/m1/s1. The summed E-state index contributed by atoms with van der Waals surface area (Å²) in [7, 11) is 0. The van der Waals surface area contributed by atoms with Gasteiger partial charge in [-0.1, -0.05) is 20.8 Å². The maximum absolute atomic E-state index is 11.0. The van der Waals surface area contributed by atoms with E-state index in [0.717, 1.165) is 0 Å². The molecule has 0 aromatic carbocycles. The summed E-state index contributed by atoms with van der Waals surface area (Å²) in [5.74, 6) is -1.02. The molecule has 0 aliphatic carbocycles. The molecular formula is C8H12O3. The van der Waals surface area contributed by atoms with Crippen molar-refractivity contribution in [2.75, 3.05) is 0 Å². The molecule has 1 atom stereocenters. The number of carbonyl (C=O) groups excluding carboxylic acids is 2. The van der Waals surface area contributed by atoms with Crippen LogP contribution in [-0.4, -0.2) is 11.9 Å². The van der Waals surface area contributed by atoms with Crippen molar-refractivity contribution in [2.45, 2.75) is 27.2 Å². The van der Waals surface area contributed by atoms with E-state index in [4.69, 9.17) is 0 Å². The van der Waals surface area contributed by atoms with Crippen molar-refractivity contribution in [1.29, 1.82) is 0 Å². The zero-order valence-corrected chi connectivity index (χ0v) is 7.01. The molecule has 0 unspecified atom stereocenters. The molecule has 0 radical (unpaired) electrons. The number of carbonyl (C=O) groups is 2. The summed E-state index contributed by atoms with van der Waals surface area (Å²) in [4.78, 5) is 21.7. The van der Waals surface area contributed by atoms with Gasteiger partial charge < -0.3 is 4.74 Å². The van der Waals surface area contributed by atoms with Gasteiger partial charge in [0.2, 0.25) is 0 Å². The lowest BCUT2D eigenvalue weighted by atomic mass is 9.80. The van der Waals surface area contributed by atoms with Gasteiger partial charge in [-0.15, -0.1) is 0 Å². The Kier molecular flexibility index (Phi) is 1.74. The third-order valence-electron chi connectivity index (χ3n) is 1.92. The number of cyclic esters (lactones) is 2. The van der Waals surface area contributed by atoms with Gasteiger partial charge in [0.1, 0.15) is 0 Å². The molecule has 1 saturated heterocycles. The lowest BCUT2D eigenvalue weighted by molar-refractivity contribution is -0.154. The maximum Gasteiger partial charge on any atom is 0.317 e. The number of esters is 2. The van der Waals surface area contributed by atoms with E-state index < -0.39 is 5.97 Å². The Labute approximate surface area is 65.7 Å². The maximum atomic E-state index is 11.0. The van der Waals surface area contributed by atoms with Gasteiger partial charge in [0, 0.05) is 0 Å². The van der Waals surface area contributed by atoms with Crippen LogP contribution >= 0.6 is 0 Å². The van der Waals surface area contributed by atoms with E-state index in [0.29, 0.717) is 0 Å². The van der Waals surface area contributed by atoms with Gasteiger partial charge in [0.05, 0.1) is 12.3 Å². The molecule has 1 aliphatic heterocycles. The minimum absolute atomic E-state index is 0.163. The van der Waals surface area contributed by atoms with Crippen LogP contribution in [0.5, 0.6) is 0 Å². The zero-order valence-electron chi connectivity index (χ0n) is 7.01. The van der Waals surface area contributed by atoms with Crippen molar-refractivity contribution in [2.24, 2.45) is 11.3 Å². The van der Waals surface area contributed by atoms with Crippen molar-refractivity contribution >= 4 is 11.9 Å². The van der Waals surface area contributed by atoms with Crippen LogP contribution in [0.2, 0.25) is 0 Å². The number of rotatable bonds is 0. The highest BCUT2D eigenvalue weighted by atomic mass is 16.6. The Morgan fingerprint density at radius 3 is 2.09 bits per heavy atom. The van der Waals surface area contributed by atoms with Gasteiger partial charge in [-0.3, -0.25) is 9.59 Å². The molecule has 62 valence electrons. The summed E-state index contributed by atoms with van der Waals surface area (Å²) in [6.07, 6.45) is 0.238. The highest BCUT2D eigenvalue weighted by Gasteiger charge is 2.41. The highest BCUT2D eigenvalue weighted by Crippen LogP contribution is 2.33. The van der Waals surface area contributed by atoms with E-state index in [1.807, 2.05) is 20.8 Å². The lowest BCUT2D eigenvalue weighted by Crippen LogP contribution is -2.24. The molecule has 3 heteroatoms. The number of hydrogen-bond acceptors (Lipinski definition) is 3. The topological polar surface area (TPSA) is 43.4 Å². The molecule has 0 saturated carbocycles. The van der Waals surface area contributed by atoms with Crippen LogP contribution in [0.25, 0.3) is 0 Å². The van der Waals surface area contributed by atoms with Gasteiger partial charge in [0.15, 0.2) is 0 Å². The second-order valence-electron chi connectivity index (χ2n) is 3.92. The minimum atomic E-state index is -0.394. The summed E-state index contributed by atoms with van der Waals surface area (Å²) in [5, 5.41) is 0. The molecule has 0 amide bonds. The summed E-state index contributed by atoms with van der Waals surface area (Å²) >= 11 is 0. The molecule has 1 rings (SSSR count). The predicted molar refractivity (Wildman–Crippen MR) is 38.7 cm³/mol. The molecule has 1 aliphatic rings. The van der Waals surface area contributed by atoms with E-state index in [-0.39, 0.29) is 23.7 Å². The first-order valence-corrected chi connectivity index (χ1v) is 3.66. The monoisotopic (exact) mass is 156 g/mol. The molecule has 0 aromatic heterocycles. The summed E-state index contributed by atoms with van der Waals surface area (Å²) in [5.41, 5.74) is -0.163. The van der Waals surface area contributed by atoms with Crippen LogP contribution in [0, 0.1) is 11.3 Å². The fraction of sp³-hybridized carbons (Fsp3) is 0.750. The second kappa shape index (κ2) is 2.32. The molecule has 0 spiro atoms. The fourth-order valence-corrected chi connectivity index (χ4v) is 1.13. The normalized spacial score (nSPS) is 25.5. The first-order valence-electron chi connectivity index (χ1n) is 3.66. The van der Waals surface area contributed by atoms with Gasteiger partial charge in [-0.25, -0.2) is 0 Å². The Morgan fingerprint density at radius 2 is 1.91 bits per heavy atom. The number of ether oxygens (including phenoxy) is 1. The van der Waals surface area contributed by atoms with Crippen molar-refractivity contribution in [3.63, 3.8) is 0 Å². The SMILES string of the molecule is CC(C)(C)[C@@H]1CC(=O)OC1=O. The predicted octanol–water partition coefficient (Wildman–Crippen LogP) is 1.12. The lowest BCUT2D eigenvalue weighted by Gasteiger charge is -2.21. The Bertz CT molecular complexity index is 200. The van der Waals surface area contributed by atoms with Crippen LogP contribution in [0.1, 0.15) is 27.2 Å². The van der Waals surface area contributed by atoms with Crippen molar-refractivity contribution in [1.82, 2.24) is 0 Å². The summed E-state index contributed by atoms with van der Waals surface area (Å²) < 4.78 is 4.42. The average Bonchev–Trinajstić information content (AvgIpc) is 2.08. The van der Waals surface area contributed by atoms with Crippen molar-refractivity contribution in [3.05, 3.63) is 0 Å². The number of hydrogen-bond donors (Lipinski definition) is 0. The Morgan fingerprint density at radius 1 is 1.36 bits per heavy atom. The average molecular weight is 156 g/mol. The third kappa shape index (κ3) is 1.59. The smallest absolute Gasteiger partial charge is 0.317 e. The van der Waals surface area contributed by atoms with Crippen molar-refractivity contribution in [3.8, 4) is 0 Å². The molecule has 0 aromatic rings. The van der Waals surface area contributed by atoms with Crippen LogP contribution in [-0.2, 0) is 14.3 Å². The molecule has 1 heterocycles. The van der Waals surface area contributed by atoms with E-state index in [2.05, 4.69) is 4.74 Å². The largest absolute Gasteiger partial charge is 0.393 e. The van der Waals surface area contributed by atoms with E-state index in [1.54, 1.807) is 0 Å². The molecule has 3 nitrogen and oxygen atoms in total. The van der Waals surface area contributed by atoms with Crippen LogP contribution in [0.4, 0.5) is 0 Å². The molecule has 0 bridgehead atoms. The molecule has 1 fully saturated rings. The Balaban J connectivity index is 2.76. The van der Waals surface area contributed by atoms with Crippen LogP contribution < -0.4 is 0 Å². The third-order valence-corrected chi connectivity index (χ3v) is 1.92. The quantitative estimate of drug-likeness (QED) is 0.390. The molecule has 11 heavy (non-hydrogen) atoms. The fourth-order valence-electron chi connectivity index (χ4n) is 1.13. The molecular weight excluding hydrogens is 144 g/mol. The minimum Gasteiger partial charge on any atom is -0.393 e. The second-order valence-corrected chi connectivity index (χ2v) is 3.92. The summed E-state index contributed by atoms with van der Waals surface area (Å²) in [6, 6.07) is 0. The van der Waals surface area contributed by atoms with E-state index in [9.17, 15) is 9.59 Å². The van der Waals surface area contributed by atoms with Crippen molar-refractivity contribution < 1.29 is 14.3 Å². The zero-order chi connectivity index (χ0) is 8.65. The van der Waals surface area contributed by atoms with Gasteiger partial charge in [-0.05, 0) is 5.41 Å². The first kappa shape index (κ1) is 8.24. The summed E-state index contributed by atoms with van der Waals surface area (Å²) in [6.45, 7) is 5.78. The van der Waals surface area contributed by atoms with Crippen LogP contribution in [0.15, 0.2) is 0 Å². The Hall–Kier alpha value is -0.860. The molecule has 0 N–H and O–H groups in total. The highest BCUT2D eigenvalue weighted by molar-refractivity contribution is 5.95. The van der Waals surface area contributed by atoms with Gasteiger partial charge >= 0.3 is 11.9 Å². The van der Waals surface area contributed by atoms with E-state index in [1.165, 1.54) is 0 Å². The van der Waals surface area contributed by atoms with Gasteiger partial charge in [-0.2, -0.15) is 0 Å². The van der Waals surface area contributed by atoms with E-state index >= 15 is 0 Å². The first-order chi connectivity index (χ1) is 4.91. The van der Waals surface area contributed by atoms with Crippen LogP contribution in [0.3, 0.4) is 0 Å². The van der Waals surface area contributed by atoms with Gasteiger partial charge in [0.25, 0.3) is 0 Å².